The summed E-state index contributed by atoms with van der Waals surface area (Å²) in [6.45, 7) is 7.16. The highest BCUT2D eigenvalue weighted by Crippen LogP contribution is 2.28. The van der Waals surface area contributed by atoms with Crippen LogP contribution >= 0.6 is 0 Å². The van der Waals surface area contributed by atoms with Crippen LogP contribution in [0.25, 0.3) is 0 Å². The van der Waals surface area contributed by atoms with Crippen LogP contribution in [0.3, 0.4) is 0 Å². The molecule has 0 atom stereocenters. The van der Waals surface area contributed by atoms with Crippen LogP contribution in [0.15, 0.2) is 12.1 Å². The molecular formula is C14H24FN3O. The van der Waals surface area contributed by atoms with Crippen LogP contribution in [-0.2, 0) is 0 Å². The van der Waals surface area contributed by atoms with Gasteiger partial charge in [-0.2, -0.15) is 0 Å². The van der Waals surface area contributed by atoms with Crippen LogP contribution in [0.4, 0.5) is 15.8 Å². The number of likely N-dealkylation sites (N-methyl/N-ethyl adjacent to an activating group) is 1. The van der Waals surface area contributed by atoms with Crippen molar-refractivity contribution in [2.24, 2.45) is 0 Å². The minimum absolute atomic E-state index is 0.0351. The molecule has 0 unspecified atom stereocenters. The summed E-state index contributed by atoms with van der Waals surface area (Å²) in [7, 11) is 4.03. The normalized spacial score (nSPS) is 11.7. The fourth-order valence-electron chi connectivity index (χ4n) is 1.46. The molecule has 0 aliphatic carbocycles. The first kappa shape index (κ1) is 15.6. The quantitative estimate of drug-likeness (QED) is 0.779. The first-order valence-electron chi connectivity index (χ1n) is 6.41. The van der Waals surface area contributed by atoms with Crippen LogP contribution in [0.1, 0.15) is 20.8 Å². The standard InChI is InChI=1S/C14H24FN3O/c1-6-19-13-8-12(11(16)7-10(13)15)17-9-14(2,3)18(4)5/h7-8,17H,6,9,16H2,1-5H3. The summed E-state index contributed by atoms with van der Waals surface area (Å²) in [5, 5.41) is 3.25. The van der Waals surface area contributed by atoms with Gasteiger partial charge in [-0.05, 0) is 34.9 Å². The van der Waals surface area contributed by atoms with E-state index in [-0.39, 0.29) is 11.3 Å². The average Bonchev–Trinajstić information content (AvgIpc) is 2.31. The topological polar surface area (TPSA) is 50.5 Å². The number of rotatable bonds is 6. The van der Waals surface area contributed by atoms with E-state index in [2.05, 4.69) is 24.1 Å². The summed E-state index contributed by atoms with van der Waals surface area (Å²) < 4.78 is 18.8. The zero-order valence-electron chi connectivity index (χ0n) is 12.4. The number of nitrogens with two attached hydrogens (primary N) is 1. The molecule has 0 radical (unpaired) electrons. The van der Waals surface area contributed by atoms with Gasteiger partial charge in [0.1, 0.15) is 0 Å². The second kappa shape index (κ2) is 6.10. The summed E-state index contributed by atoms with van der Waals surface area (Å²) in [5.41, 5.74) is 6.86. The van der Waals surface area contributed by atoms with Crippen molar-refractivity contribution in [3.05, 3.63) is 17.9 Å². The predicted octanol–water partition coefficient (Wildman–Crippen LogP) is 2.56. The smallest absolute Gasteiger partial charge is 0.167 e. The number of nitrogen functional groups attached to an aromatic ring is 1. The van der Waals surface area contributed by atoms with Crippen molar-refractivity contribution < 1.29 is 9.13 Å². The lowest BCUT2D eigenvalue weighted by Gasteiger charge is -2.33. The molecule has 0 spiro atoms. The molecule has 0 amide bonds. The van der Waals surface area contributed by atoms with Crippen LogP contribution in [0, 0.1) is 5.82 Å². The monoisotopic (exact) mass is 269 g/mol. The minimum atomic E-state index is -0.434. The molecule has 108 valence electrons. The van der Waals surface area contributed by atoms with E-state index in [1.807, 2.05) is 21.0 Å². The minimum Gasteiger partial charge on any atom is -0.491 e. The lowest BCUT2D eigenvalue weighted by Crippen LogP contribution is -2.44. The van der Waals surface area contributed by atoms with Gasteiger partial charge in [0.25, 0.3) is 0 Å². The summed E-state index contributed by atoms with van der Waals surface area (Å²) >= 11 is 0. The Hall–Kier alpha value is -1.49. The fraction of sp³-hybridized carbons (Fsp3) is 0.571. The second-order valence-corrected chi connectivity index (χ2v) is 5.36. The molecule has 0 saturated carbocycles. The average molecular weight is 269 g/mol. The number of halogens is 1. The molecule has 0 heterocycles. The maximum absolute atomic E-state index is 13.6. The van der Waals surface area contributed by atoms with E-state index in [1.165, 1.54) is 6.07 Å². The Balaban J connectivity index is 2.86. The van der Waals surface area contributed by atoms with Crippen molar-refractivity contribution in [2.75, 3.05) is 38.3 Å². The molecule has 0 aliphatic heterocycles. The van der Waals surface area contributed by atoms with Gasteiger partial charge in [-0.15, -0.1) is 0 Å². The third-order valence-electron chi connectivity index (χ3n) is 3.33. The molecule has 0 bridgehead atoms. The molecule has 3 N–H and O–H groups in total. The van der Waals surface area contributed by atoms with E-state index in [4.69, 9.17) is 10.5 Å². The van der Waals surface area contributed by atoms with Gasteiger partial charge in [-0.1, -0.05) is 0 Å². The Morgan fingerprint density at radius 1 is 1.37 bits per heavy atom. The van der Waals surface area contributed by atoms with E-state index in [0.717, 1.165) is 0 Å². The van der Waals surface area contributed by atoms with Crippen molar-refractivity contribution in [1.82, 2.24) is 4.90 Å². The third kappa shape index (κ3) is 3.99. The lowest BCUT2D eigenvalue weighted by atomic mass is 10.0. The lowest BCUT2D eigenvalue weighted by molar-refractivity contribution is 0.210. The van der Waals surface area contributed by atoms with E-state index in [9.17, 15) is 4.39 Å². The number of hydrogen-bond acceptors (Lipinski definition) is 4. The highest BCUT2D eigenvalue weighted by molar-refractivity contribution is 5.68. The zero-order valence-corrected chi connectivity index (χ0v) is 12.4. The maximum atomic E-state index is 13.6. The Morgan fingerprint density at radius 3 is 2.53 bits per heavy atom. The van der Waals surface area contributed by atoms with Crippen LogP contribution in [0.2, 0.25) is 0 Å². The summed E-state index contributed by atoms with van der Waals surface area (Å²) in [4.78, 5) is 2.11. The molecule has 0 saturated heterocycles. The number of benzene rings is 1. The number of nitrogens with one attached hydrogen (secondary N) is 1. The fourth-order valence-corrected chi connectivity index (χ4v) is 1.46. The molecule has 19 heavy (non-hydrogen) atoms. The molecule has 1 aromatic rings. The summed E-state index contributed by atoms with van der Waals surface area (Å²) in [6.07, 6.45) is 0. The van der Waals surface area contributed by atoms with Crippen molar-refractivity contribution in [3.63, 3.8) is 0 Å². The Labute approximate surface area is 114 Å². The molecule has 1 aromatic carbocycles. The van der Waals surface area contributed by atoms with Crippen LogP contribution in [0.5, 0.6) is 5.75 Å². The van der Waals surface area contributed by atoms with E-state index in [0.29, 0.717) is 24.5 Å². The van der Waals surface area contributed by atoms with Gasteiger partial charge in [0, 0.05) is 24.2 Å². The third-order valence-corrected chi connectivity index (χ3v) is 3.33. The van der Waals surface area contributed by atoms with Gasteiger partial charge in [0.15, 0.2) is 11.6 Å². The SMILES string of the molecule is CCOc1cc(NCC(C)(C)N(C)C)c(N)cc1F. The second-order valence-electron chi connectivity index (χ2n) is 5.36. The van der Waals surface area contributed by atoms with Crippen molar-refractivity contribution in [1.29, 1.82) is 0 Å². The van der Waals surface area contributed by atoms with Crippen molar-refractivity contribution >= 4 is 11.4 Å². The predicted molar refractivity (Wildman–Crippen MR) is 78.2 cm³/mol. The highest BCUT2D eigenvalue weighted by Gasteiger charge is 2.20. The van der Waals surface area contributed by atoms with Gasteiger partial charge in [0.05, 0.1) is 18.0 Å². The molecule has 1 rings (SSSR count). The van der Waals surface area contributed by atoms with Gasteiger partial charge in [-0.3, -0.25) is 0 Å². The van der Waals surface area contributed by atoms with Gasteiger partial charge >= 0.3 is 0 Å². The number of anilines is 2. The number of ether oxygens (including phenoxy) is 1. The van der Waals surface area contributed by atoms with E-state index < -0.39 is 5.82 Å². The van der Waals surface area contributed by atoms with Gasteiger partial charge < -0.3 is 20.7 Å². The molecule has 5 heteroatoms. The van der Waals surface area contributed by atoms with Gasteiger partial charge in [0.2, 0.25) is 0 Å². The van der Waals surface area contributed by atoms with E-state index in [1.54, 1.807) is 6.07 Å². The first-order valence-corrected chi connectivity index (χ1v) is 6.41. The Bertz CT molecular complexity index is 433. The van der Waals surface area contributed by atoms with Crippen LogP contribution in [-0.4, -0.2) is 37.7 Å². The van der Waals surface area contributed by atoms with Crippen molar-refractivity contribution in [2.45, 2.75) is 26.3 Å². The van der Waals surface area contributed by atoms with Gasteiger partial charge in [-0.25, -0.2) is 4.39 Å². The van der Waals surface area contributed by atoms with Crippen LogP contribution < -0.4 is 15.8 Å². The Morgan fingerprint density at radius 2 is 2.00 bits per heavy atom. The molecular weight excluding hydrogens is 245 g/mol. The first-order chi connectivity index (χ1) is 8.77. The molecule has 0 aliphatic rings. The summed E-state index contributed by atoms with van der Waals surface area (Å²) in [6, 6.07) is 2.90. The summed E-state index contributed by atoms with van der Waals surface area (Å²) in [5.74, 6) is -0.210. The molecule has 0 fully saturated rings. The zero-order chi connectivity index (χ0) is 14.6. The largest absolute Gasteiger partial charge is 0.491 e. The number of nitrogens with zero attached hydrogens (tertiary/aromatic N) is 1. The maximum Gasteiger partial charge on any atom is 0.167 e. The number of hydrogen-bond donors (Lipinski definition) is 2. The Kier molecular flexibility index (Phi) is 5.00. The molecule has 4 nitrogen and oxygen atoms in total. The van der Waals surface area contributed by atoms with E-state index >= 15 is 0 Å². The highest BCUT2D eigenvalue weighted by atomic mass is 19.1. The van der Waals surface area contributed by atoms with Crippen molar-refractivity contribution in [3.8, 4) is 5.75 Å². The molecule has 0 aromatic heterocycles.